The Morgan fingerprint density at radius 1 is 0.698 bits per heavy atom. The molecular formula is C38H46F2N2O. The molecule has 0 unspecified atom stereocenters. The van der Waals surface area contributed by atoms with E-state index >= 15 is 8.78 Å². The van der Waals surface area contributed by atoms with Crippen LogP contribution in [0.25, 0.3) is 11.1 Å². The van der Waals surface area contributed by atoms with Crippen LogP contribution in [-0.2, 0) is 4.74 Å². The third kappa shape index (κ3) is 8.87. The van der Waals surface area contributed by atoms with E-state index < -0.39 is 0 Å². The van der Waals surface area contributed by atoms with Gasteiger partial charge in [0.25, 0.3) is 0 Å². The van der Waals surface area contributed by atoms with Gasteiger partial charge in [-0.1, -0.05) is 63.8 Å². The lowest BCUT2D eigenvalue weighted by Crippen LogP contribution is -2.17. The maximum absolute atomic E-state index is 15.2. The lowest BCUT2D eigenvalue weighted by Gasteiger charge is -2.31. The van der Waals surface area contributed by atoms with Gasteiger partial charge in [-0.3, -0.25) is 0 Å². The number of nitriles is 2. The Kier molecular flexibility index (Phi) is 12.5. The van der Waals surface area contributed by atoms with Crippen LogP contribution in [0.1, 0.15) is 113 Å². The Labute approximate surface area is 257 Å². The topological polar surface area (TPSA) is 56.8 Å². The van der Waals surface area contributed by atoms with Gasteiger partial charge < -0.3 is 4.74 Å². The Hall–Kier alpha value is -3.28. The number of hydrogen-bond acceptors (Lipinski definition) is 3. The number of ether oxygens (including phenoxy) is 1. The molecule has 0 aliphatic heterocycles. The molecule has 0 bridgehead atoms. The standard InChI is InChI=1S/C38H46F2N2O/c1-3-5-27-7-13-31(14-8-27)33(35-17-11-29(25-41)23-37(35)39)19-21-43-22-20-34(32-15-9-28(6-4-2)10-16-32)36-18-12-30(26-42)24-38(36)40/h11-12,17-20,23-24,27-28,31-32H,3-10,13-16,21-22H2,1-2H3/t27-,28-,31-,32-. The fourth-order valence-electron chi connectivity index (χ4n) is 7.34. The SMILES string of the molecule is CCC[C@H]1CC[C@H](C(=CCOCC=C(c2ccc(C#N)cc2F)[C@H]2CC[C@H](CCC)CC2)c2ccc(C#N)cc2F)CC1. The Morgan fingerprint density at radius 2 is 1.09 bits per heavy atom. The molecule has 0 aromatic heterocycles. The number of allylic oxidation sites excluding steroid dienone is 2. The monoisotopic (exact) mass is 584 g/mol. The first kappa shape index (κ1) is 32.6. The zero-order valence-corrected chi connectivity index (χ0v) is 25.9. The van der Waals surface area contributed by atoms with E-state index in [4.69, 9.17) is 4.74 Å². The van der Waals surface area contributed by atoms with Gasteiger partial charge in [-0.15, -0.1) is 0 Å². The molecule has 0 radical (unpaired) electrons. The van der Waals surface area contributed by atoms with Crippen molar-refractivity contribution in [3.8, 4) is 12.1 Å². The molecule has 2 saturated carbocycles. The normalized spacial score (nSPS) is 23.0. The summed E-state index contributed by atoms with van der Waals surface area (Å²) >= 11 is 0. The number of halogens is 2. The zero-order valence-electron chi connectivity index (χ0n) is 25.9. The lowest BCUT2D eigenvalue weighted by atomic mass is 9.75. The van der Waals surface area contributed by atoms with Gasteiger partial charge in [0.1, 0.15) is 11.6 Å². The molecule has 2 aliphatic carbocycles. The molecule has 43 heavy (non-hydrogen) atoms. The molecule has 0 amide bonds. The van der Waals surface area contributed by atoms with Gasteiger partial charge in [0.2, 0.25) is 0 Å². The van der Waals surface area contributed by atoms with Crippen LogP contribution >= 0.6 is 0 Å². The summed E-state index contributed by atoms with van der Waals surface area (Å²) < 4.78 is 36.5. The fraction of sp³-hybridized carbons (Fsp3) is 0.526. The van der Waals surface area contributed by atoms with Crippen LogP contribution in [0, 0.1) is 58.0 Å². The fourth-order valence-corrected chi connectivity index (χ4v) is 7.34. The van der Waals surface area contributed by atoms with Crippen molar-refractivity contribution >= 4 is 11.1 Å². The van der Waals surface area contributed by atoms with Crippen LogP contribution in [0.2, 0.25) is 0 Å². The molecule has 0 saturated heterocycles. The van der Waals surface area contributed by atoms with Gasteiger partial charge in [-0.25, -0.2) is 8.78 Å². The summed E-state index contributed by atoms with van der Waals surface area (Å²) in [7, 11) is 0. The van der Waals surface area contributed by atoms with Crippen LogP contribution in [0.5, 0.6) is 0 Å². The van der Waals surface area contributed by atoms with Gasteiger partial charge in [-0.05, 0) is 110 Å². The van der Waals surface area contributed by atoms with Crippen molar-refractivity contribution in [2.75, 3.05) is 13.2 Å². The quantitative estimate of drug-likeness (QED) is 0.233. The predicted octanol–water partition coefficient (Wildman–Crippen LogP) is 10.4. The first-order valence-electron chi connectivity index (χ1n) is 16.3. The highest BCUT2D eigenvalue weighted by Gasteiger charge is 2.27. The first-order chi connectivity index (χ1) is 21.0. The summed E-state index contributed by atoms with van der Waals surface area (Å²) in [4.78, 5) is 0. The highest BCUT2D eigenvalue weighted by Crippen LogP contribution is 2.41. The van der Waals surface area contributed by atoms with E-state index in [1.54, 1.807) is 24.3 Å². The van der Waals surface area contributed by atoms with Crippen LogP contribution in [0.15, 0.2) is 48.6 Å². The van der Waals surface area contributed by atoms with E-state index in [9.17, 15) is 10.5 Å². The van der Waals surface area contributed by atoms with Crippen LogP contribution in [0.4, 0.5) is 8.78 Å². The summed E-state index contributed by atoms with van der Waals surface area (Å²) in [5.74, 6) is 1.28. The molecular weight excluding hydrogens is 538 g/mol. The lowest BCUT2D eigenvalue weighted by molar-refractivity contribution is 0.193. The maximum atomic E-state index is 15.2. The van der Waals surface area contributed by atoms with Crippen LogP contribution in [-0.4, -0.2) is 13.2 Å². The molecule has 228 valence electrons. The first-order valence-corrected chi connectivity index (χ1v) is 16.3. The van der Waals surface area contributed by atoms with Crippen molar-refractivity contribution in [1.82, 2.24) is 0 Å². The average Bonchev–Trinajstić information content (AvgIpc) is 3.03. The minimum atomic E-state index is -0.363. The van der Waals surface area contributed by atoms with Gasteiger partial charge in [0.15, 0.2) is 0 Å². The smallest absolute Gasteiger partial charge is 0.132 e. The molecule has 2 aromatic carbocycles. The molecule has 2 fully saturated rings. The molecule has 0 N–H and O–H groups in total. The van der Waals surface area contributed by atoms with Crippen molar-refractivity contribution in [2.24, 2.45) is 23.7 Å². The third-order valence-corrected chi connectivity index (χ3v) is 9.63. The van der Waals surface area contributed by atoms with Gasteiger partial charge in [0.05, 0.1) is 36.5 Å². The number of rotatable bonds is 12. The Morgan fingerprint density at radius 3 is 1.42 bits per heavy atom. The van der Waals surface area contributed by atoms with Crippen molar-refractivity contribution in [2.45, 2.75) is 90.9 Å². The second-order valence-corrected chi connectivity index (χ2v) is 12.5. The van der Waals surface area contributed by atoms with Gasteiger partial charge >= 0.3 is 0 Å². The highest BCUT2D eigenvalue weighted by atomic mass is 19.1. The summed E-state index contributed by atoms with van der Waals surface area (Å²) in [5.41, 5.74) is 3.68. The Bertz CT molecular complexity index is 1250. The molecule has 0 spiro atoms. The molecule has 2 aliphatic rings. The zero-order chi connectivity index (χ0) is 30.6. The largest absolute Gasteiger partial charge is 0.373 e. The third-order valence-electron chi connectivity index (χ3n) is 9.63. The number of hydrogen-bond donors (Lipinski definition) is 0. The van der Waals surface area contributed by atoms with Crippen molar-refractivity contribution in [3.05, 3.63) is 82.4 Å². The average molecular weight is 585 g/mol. The number of benzene rings is 2. The van der Waals surface area contributed by atoms with E-state index in [1.807, 2.05) is 24.3 Å². The molecule has 0 heterocycles. The summed E-state index contributed by atoms with van der Waals surface area (Å²) in [6.45, 7) is 5.11. The molecule has 4 rings (SSSR count). The van der Waals surface area contributed by atoms with E-state index in [-0.39, 0.29) is 23.5 Å². The minimum absolute atomic E-state index is 0.260. The van der Waals surface area contributed by atoms with Crippen molar-refractivity contribution < 1.29 is 13.5 Å². The van der Waals surface area contributed by atoms with E-state index in [1.165, 1.54) is 37.8 Å². The van der Waals surface area contributed by atoms with E-state index in [0.717, 1.165) is 74.3 Å². The van der Waals surface area contributed by atoms with Crippen molar-refractivity contribution in [3.63, 3.8) is 0 Å². The van der Waals surface area contributed by atoms with E-state index in [2.05, 4.69) is 13.8 Å². The molecule has 2 aromatic rings. The van der Waals surface area contributed by atoms with Crippen LogP contribution in [0.3, 0.4) is 0 Å². The molecule has 5 heteroatoms. The number of nitrogens with zero attached hydrogens (tertiary/aromatic N) is 2. The molecule has 3 nitrogen and oxygen atoms in total. The summed E-state index contributed by atoms with van der Waals surface area (Å²) in [6.07, 6.45) is 17.6. The predicted molar refractivity (Wildman–Crippen MR) is 170 cm³/mol. The van der Waals surface area contributed by atoms with Crippen LogP contribution < -0.4 is 0 Å². The summed E-state index contributed by atoms with van der Waals surface area (Å²) in [6, 6.07) is 13.5. The maximum Gasteiger partial charge on any atom is 0.132 e. The molecule has 0 atom stereocenters. The van der Waals surface area contributed by atoms with Gasteiger partial charge in [0, 0.05) is 11.1 Å². The van der Waals surface area contributed by atoms with E-state index in [0.29, 0.717) is 35.5 Å². The van der Waals surface area contributed by atoms with Crippen molar-refractivity contribution in [1.29, 1.82) is 10.5 Å². The second-order valence-electron chi connectivity index (χ2n) is 12.5. The second kappa shape index (κ2) is 16.5. The Balaban J connectivity index is 1.51. The highest BCUT2D eigenvalue weighted by molar-refractivity contribution is 5.70. The van der Waals surface area contributed by atoms with Gasteiger partial charge in [-0.2, -0.15) is 10.5 Å². The minimum Gasteiger partial charge on any atom is -0.373 e. The summed E-state index contributed by atoms with van der Waals surface area (Å²) in [5, 5.41) is 18.5.